The molecule has 0 spiro atoms. The first-order valence-electron chi connectivity index (χ1n) is 8.59. The van der Waals surface area contributed by atoms with Crippen molar-refractivity contribution in [2.24, 2.45) is 5.16 Å². The molecule has 7 heteroatoms. The van der Waals surface area contributed by atoms with E-state index in [0.717, 1.165) is 16.9 Å². The number of halogens is 1. The van der Waals surface area contributed by atoms with Gasteiger partial charge in [0.25, 0.3) is 5.91 Å². The molecular weight excluding hydrogens is 364 g/mol. The smallest absolute Gasteiger partial charge is 0.270 e. The normalized spacial score (nSPS) is 17.2. The summed E-state index contributed by atoms with van der Waals surface area (Å²) in [5, 5.41) is 7.74. The standard InChI is InChI=1S/C20H21ClN4O2/c1-3-24-13-18(15-8-5-4-6-9-15)25(14-22-27-2)19(20(24)26)23-17-11-7-10-16(21)12-17/h4-14,19,23H,3H2,1-2H3. The van der Waals surface area contributed by atoms with Crippen molar-refractivity contribution in [3.63, 3.8) is 0 Å². The number of anilines is 1. The molecule has 1 N–H and O–H groups in total. The number of oxime groups is 1. The highest BCUT2D eigenvalue weighted by Gasteiger charge is 2.35. The van der Waals surface area contributed by atoms with Crippen LogP contribution in [0.1, 0.15) is 12.5 Å². The molecule has 0 radical (unpaired) electrons. The van der Waals surface area contributed by atoms with Crippen LogP contribution in [0.15, 0.2) is 66.0 Å². The fourth-order valence-electron chi connectivity index (χ4n) is 2.87. The zero-order valence-corrected chi connectivity index (χ0v) is 15.9. The Balaban J connectivity index is 2.04. The predicted octanol–water partition coefficient (Wildman–Crippen LogP) is 3.83. The Bertz CT molecular complexity index is 854. The third-order valence-corrected chi connectivity index (χ3v) is 4.40. The van der Waals surface area contributed by atoms with Gasteiger partial charge < -0.3 is 15.1 Å². The minimum atomic E-state index is -0.692. The number of carbonyl (C=O) groups is 1. The summed E-state index contributed by atoms with van der Waals surface area (Å²) in [5.41, 5.74) is 2.53. The van der Waals surface area contributed by atoms with E-state index in [0.29, 0.717) is 11.6 Å². The Morgan fingerprint density at radius 1 is 1.22 bits per heavy atom. The monoisotopic (exact) mass is 384 g/mol. The molecule has 140 valence electrons. The van der Waals surface area contributed by atoms with Crippen molar-refractivity contribution in [1.82, 2.24) is 9.80 Å². The Kier molecular flexibility index (Phi) is 5.98. The molecule has 1 amide bonds. The van der Waals surface area contributed by atoms with E-state index in [-0.39, 0.29) is 5.91 Å². The number of nitrogens with one attached hydrogen (secondary N) is 1. The fraction of sp³-hybridized carbons (Fsp3) is 0.200. The Hall–Kier alpha value is -2.99. The van der Waals surface area contributed by atoms with Crippen LogP contribution in [-0.2, 0) is 9.63 Å². The average molecular weight is 385 g/mol. The van der Waals surface area contributed by atoms with Gasteiger partial charge in [-0.05, 0) is 30.7 Å². The molecule has 0 aliphatic carbocycles. The summed E-state index contributed by atoms with van der Waals surface area (Å²) in [5.74, 6) is -0.0975. The maximum Gasteiger partial charge on any atom is 0.270 e. The number of hydrogen-bond acceptors (Lipinski definition) is 4. The summed E-state index contributed by atoms with van der Waals surface area (Å²) in [6.45, 7) is 2.49. The zero-order chi connectivity index (χ0) is 19.2. The highest BCUT2D eigenvalue weighted by molar-refractivity contribution is 6.30. The highest BCUT2D eigenvalue weighted by Crippen LogP contribution is 2.28. The maximum absolute atomic E-state index is 13.0. The molecule has 1 atom stereocenters. The Labute approximate surface area is 163 Å². The van der Waals surface area contributed by atoms with Crippen molar-refractivity contribution in [3.8, 4) is 0 Å². The van der Waals surface area contributed by atoms with Crippen LogP contribution in [0.5, 0.6) is 0 Å². The topological polar surface area (TPSA) is 57.2 Å². The van der Waals surface area contributed by atoms with Gasteiger partial charge in [-0.3, -0.25) is 9.69 Å². The summed E-state index contributed by atoms with van der Waals surface area (Å²) in [6.07, 6.45) is 2.64. The summed E-state index contributed by atoms with van der Waals surface area (Å²) in [7, 11) is 1.46. The molecule has 0 fully saturated rings. The minimum absolute atomic E-state index is 0.0975. The molecular formula is C20H21ClN4O2. The largest absolute Gasteiger partial charge is 0.398 e. The third-order valence-electron chi connectivity index (χ3n) is 4.17. The van der Waals surface area contributed by atoms with Crippen molar-refractivity contribution in [2.75, 3.05) is 19.0 Å². The van der Waals surface area contributed by atoms with E-state index in [1.54, 1.807) is 21.9 Å². The van der Waals surface area contributed by atoms with E-state index in [1.807, 2.05) is 55.6 Å². The van der Waals surface area contributed by atoms with E-state index in [9.17, 15) is 4.79 Å². The summed E-state index contributed by atoms with van der Waals surface area (Å²) < 4.78 is 0. The van der Waals surface area contributed by atoms with Gasteiger partial charge >= 0.3 is 0 Å². The number of benzene rings is 2. The fourth-order valence-corrected chi connectivity index (χ4v) is 3.06. The number of carbonyl (C=O) groups excluding carboxylic acids is 1. The lowest BCUT2D eigenvalue weighted by atomic mass is 10.1. The number of hydrogen-bond donors (Lipinski definition) is 1. The second kappa shape index (κ2) is 8.60. The van der Waals surface area contributed by atoms with Crippen LogP contribution in [0.4, 0.5) is 5.69 Å². The lowest BCUT2D eigenvalue weighted by Gasteiger charge is -2.39. The maximum atomic E-state index is 13.0. The Morgan fingerprint density at radius 2 is 2.00 bits per heavy atom. The van der Waals surface area contributed by atoms with E-state index in [1.165, 1.54) is 13.4 Å². The van der Waals surface area contributed by atoms with Crippen molar-refractivity contribution in [1.29, 1.82) is 0 Å². The second-order valence-corrected chi connectivity index (χ2v) is 6.31. The predicted molar refractivity (Wildman–Crippen MR) is 108 cm³/mol. The lowest BCUT2D eigenvalue weighted by molar-refractivity contribution is -0.132. The SMILES string of the molecule is CCN1C=C(c2ccccc2)N(C=NOC)C(Nc2cccc(Cl)c2)C1=O. The molecule has 6 nitrogen and oxygen atoms in total. The van der Waals surface area contributed by atoms with Crippen molar-refractivity contribution < 1.29 is 9.63 Å². The molecule has 27 heavy (non-hydrogen) atoms. The van der Waals surface area contributed by atoms with Crippen molar-refractivity contribution >= 4 is 35.2 Å². The summed E-state index contributed by atoms with van der Waals surface area (Å²) in [6, 6.07) is 17.1. The van der Waals surface area contributed by atoms with Crippen LogP contribution >= 0.6 is 11.6 Å². The zero-order valence-electron chi connectivity index (χ0n) is 15.2. The van der Waals surface area contributed by atoms with Gasteiger partial charge in [0, 0.05) is 23.5 Å². The lowest BCUT2D eigenvalue weighted by Crippen LogP contribution is -2.54. The molecule has 1 aliphatic rings. The van der Waals surface area contributed by atoms with Gasteiger partial charge in [0.05, 0.1) is 5.70 Å². The van der Waals surface area contributed by atoms with Crippen LogP contribution < -0.4 is 5.32 Å². The minimum Gasteiger partial charge on any atom is -0.398 e. The van der Waals surface area contributed by atoms with E-state index in [4.69, 9.17) is 16.4 Å². The Morgan fingerprint density at radius 3 is 2.67 bits per heavy atom. The van der Waals surface area contributed by atoms with Gasteiger partial charge in [-0.1, -0.05) is 53.2 Å². The van der Waals surface area contributed by atoms with Crippen LogP contribution in [0.3, 0.4) is 0 Å². The number of nitrogens with zero attached hydrogens (tertiary/aromatic N) is 3. The van der Waals surface area contributed by atoms with Crippen LogP contribution in [0.25, 0.3) is 5.70 Å². The van der Waals surface area contributed by atoms with Gasteiger partial charge in [-0.2, -0.15) is 0 Å². The average Bonchev–Trinajstić information content (AvgIpc) is 2.69. The van der Waals surface area contributed by atoms with Crippen molar-refractivity contribution in [2.45, 2.75) is 13.1 Å². The number of amides is 1. The highest BCUT2D eigenvalue weighted by atomic mass is 35.5. The molecule has 1 unspecified atom stereocenters. The molecule has 0 aromatic heterocycles. The molecule has 1 aliphatic heterocycles. The molecule has 2 aromatic carbocycles. The molecule has 0 saturated heterocycles. The van der Waals surface area contributed by atoms with Crippen LogP contribution in [0.2, 0.25) is 5.02 Å². The van der Waals surface area contributed by atoms with E-state index < -0.39 is 6.17 Å². The van der Waals surface area contributed by atoms with E-state index in [2.05, 4.69) is 10.5 Å². The van der Waals surface area contributed by atoms with Gasteiger partial charge in [0.1, 0.15) is 13.4 Å². The molecule has 3 rings (SSSR count). The van der Waals surface area contributed by atoms with Gasteiger partial charge in [0.15, 0.2) is 6.17 Å². The first-order valence-corrected chi connectivity index (χ1v) is 8.96. The van der Waals surface area contributed by atoms with Crippen LogP contribution in [0, 0.1) is 0 Å². The molecule has 0 saturated carbocycles. The first kappa shape index (κ1) is 18.8. The second-order valence-electron chi connectivity index (χ2n) is 5.87. The van der Waals surface area contributed by atoms with Gasteiger partial charge in [-0.15, -0.1) is 0 Å². The van der Waals surface area contributed by atoms with Gasteiger partial charge in [0.2, 0.25) is 0 Å². The number of likely N-dealkylation sites (N-methyl/N-ethyl adjacent to an activating group) is 1. The first-order chi connectivity index (χ1) is 13.1. The summed E-state index contributed by atoms with van der Waals surface area (Å²) >= 11 is 6.09. The quantitative estimate of drug-likeness (QED) is 0.467. The number of rotatable bonds is 6. The van der Waals surface area contributed by atoms with Crippen LogP contribution in [-0.4, -0.2) is 41.9 Å². The summed E-state index contributed by atoms with van der Waals surface area (Å²) in [4.78, 5) is 21.3. The van der Waals surface area contributed by atoms with Gasteiger partial charge in [-0.25, -0.2) is 0 Å². The molecule has 0 bridgehead atoms. The van der Waals surface area contributed by atoms with Crippen molar-refractivity contribution in [3.05, 3.63) is 71.4 Å². The van der Waals surface area contributed by atoms with E-state index >= 15 is 0 Å². The third kappa shape index (κ3) is 4.23. The molecule has 1 heterocycles. The molecule has 2 aromatic rings.